The number of rotatable bonds is 3. The molecule has 3 heteroatoms. The molecule has 2 fully saturated rings. The first-order valence-corrected chi connectivity index (χ1v) is 6.54. The van der Waals surface area contributed by atoms with E-state index in [0.29, 0.717) is 0 Å². The van der Waals surface area contributed by atoms with Crippen LogP contribution in [0.5, 0.6) is 5.75 Å². The van der Waals surface area contributed by atoms with Gasteiger partial charge in [0.1, 0.15) is 5.75 Å². The van der Waals surface area contributed by atoms with Gasteiger partial charge in [0.2, 0.25) is 0 Å². The molecule has 3 rings (SSSR count). The quantitative estimate of drug-likeness (QED) is 0.925. The molecule has 0 bridgehead atoms. The third-order valence-electron chi connectivity index (χ3n) is 4.20. The van der Waals surface area contributed by atoms with Gasteiger partial charge in [-0.1, -0.05) is 6.07 Å². The minimum Gasteiger partial charge on any atom is -0.496 e. The molecule has 0 radical (unpaired) electrons. The van der Waals surface area contributed by atoms with Crippen molar-refractivity contribution in [2.75, 3.05) is 7.11 Å². The molecule has 2 aliphatic rings. The Labute approximate surface area is 104 Å². The van der Waals surface area contributed by atoms with Crippen molar-refractivity contribution in [3.63, 3.8) is 0 Å². The number of halogens is 1. The van der Waals surface area contributed by atoms with E-state index in [-0.39, 0.29) is 11.0 Å². The van der Waals surface area contributed by atoms with Gasteiger partial charge in [-0.05, 0) is 59.3 Å². The van der Waals surface area contributed by atoms with Gasteiger partial charge in [-0.25, -0.2) is 0 Å². The fourth-order valence-corrected chi connectivity index (χ4v) is 3.32. The van der Waals surface area contributed by atoms with Crippen molar-refractivity contribution in [2.24, 2.45) is 5.73 Å². The molecule has 0 amide bonds. The average Bonchev–Trinajstić information content (AvgIpc) is 3.13. The van der Waals surface area contributed by atoms with Crippen molar-refractivity contribution in [3.8, 4) is 5.75 Å². The first kappa shape index (κ1) is 10.6. The van der Waals surface area contributed by atoms with Gasteiger partial charge in [-0.3, -0.25) is 0 Å². The lowest BCUT2D eigenvalue weighted by atomic mass is 9.86. The molecule has 0 aromatic heterocycles. The molecule has 2 N–H and O–H groups in total. The van der Waals surface area contributed by atoms with Gasteiger partial charge in [0, 0.05) is 11.0 Å². The molecular formula is C13H16BrNO. The molecule has 2 nitrogen and oxygen atoms in total. The van der Waals surface area contributed by atoms with Crippen LogP contribution in [0.15, 0.2) is 22.7 Å². The predicted octanol–water partition coefficient (Wildman–Crippen LogP) is 2.98. The number of ether oxygens (including phenoxy) is 1. The van der Waals surface area contributed by atoms with E-state index in [4.69, 9.17) is 10.5 Å². The van der Waals surface area contributed by atoms with Crippen LogP contribution in [0.3, 0.4) is 0 Å². The SMILES string of the molecule is COc1ccc(C2(C3(N)CC3)CC2)cc1Br. The van der Waals surface area contributed by atoms with Crippen molar-refractivity contribution in [2.45, 2.75) is 36.6 Å². The molecule has 1 aromatic carbocycles. The van der Waals surface area contributed by atoms with Crippen molar-refractivity contribution >= 4 is 15.9 Å². The summed E-state index contributed by atoms with van der Waals surface area (Å²) in [4.78, 5) is 0. The Bertz CT molecular complexity index is 436. The van der Waals surface area contributed by atoms with Gasteiger partial charge in [0.05, 0.1) is 11.6 Å². The first-order chi connectivity index (χ1) is 7.61. The Kier molecular flexibility index (Phi) is 2.14. The van der Waals surface area contributed by atoms with Crippen LogP contribution >= 0.6 is 15.9 Å². The summed E-state index contributed by atoms with van der Waals surface area (Å²) in [5.41, 5.74) is 8.12. The number of nitrogens with two attached hydrogens (primary N) is 1. The van der Waals surface area contributed by atoms with E-state index >= 15 is 0 Å². The normalized spacial score (nSPS) is 23.9. The average molecular weight is 282 g/mol. The van der Waals surface area contributed by atoms with E-state index in [1.54, 1.807) is 7.11 Å². The largest absolute Gasteiger partial charge is 0.496 e. The number of hydrogen-bond donors (Lipinski definition) is 1. The lowest BCUT2D eigenvalue weighted by molar-refractivity contribution is 0.411. The second-order valence-corrected chi connectivity index (χ2v) is 5.94. The zero-order valence-electron chi connectivity index (χ0n) is 9.42. The van der Waals surface area contributed by atoms with Crippen LogP contribution in [0.4, 0.5) is 0 Å². The third kappa shape index (κ3) is 1.34. The molecule has 0 saturated heterocycles. The van der Waals surface area contributed by atoms with Crippen molar-refractivity contribution < 1.29 is 4.74 Å². The Morgan fingerprint density at radius 3 is 2.38 bits per heavy atom. The standard InChI is InChI=1S/C13H16BrNO/c1-16-11-3-2-9(8-10(11)14)12(4-5-12)13(15)6-7-13/h2-3,8H,4-7,15H2,1H3. The lowest BCUT2D eigenvalue weighted by Crippen LogP contribution is -2.37. The molecule has 86 valence electrons. The highest BCUT2D eigenvalue weighted by Crippen LogP contribution is 2.63. The number of benzene rings is 1. The summed E-state index contributed by atoms with van der Waals surface area (Å²) >= 11 is 3.55. The van der Waals surface area contributed by atoms with Gasteiger partial charge in [-0.2, -0.15) is 0 Å². The molecule has 0 heterocycles. The summed E-state index contributed by atoms with van der Waals surface area (Å²) in [7, 11) is 1.69. The van der Waals surface area contributed by atoms with E-state index in [0.717, 1.165) is 10.2 Å². The van der Waals surface area contributed by atoms with E-state index in [2.05, 4.69) is 28.1 Å². The van der Waals surface area contributed by atoms with Gasteiger partial charge in [0.25, 0.3) is 0 Å². The van der Waals surface area contributed by atoms with Gasteiger partial charge in [-0.15, -0.1) is 0 Å². The van der Waals surface area contributed by atoms with Crippen molar-refractivity contribution in [1.29, 1.82) is 0 Å². The summed E-state index contributed by atoms with van der Waals surface area (Å²) in [6.07, 6.45) is 4.83. The summed E-state index contributed by atoms with van der Waals surface area (Å²) in [5, 5.41) is 0. The monoisotopic (exact) mass is 281 g/mol. The van der Waals surface area contributed by atoms with E-state index in [1.807, 2.05) is 6.07 Å². The maximum absolute atomic E-state index is 6.39. The summed E-state index contributed by atoms with van der Waals surface area (Å²) in [5.74, 6) is 0.890. The molecule has 2 saturated carbocycles. The zero-order valence-corrected chi connectivity index (χ0v) is 11.0. The maximum atomic E-state index is 6.39. The third-order valence-corrected chi connectivity index (χ3v) is 4.82. The van der Waals surface area contributed by atoms with E-state index < -0.39 is 0 Å². The van der Waals surface area contributed by atoms with Crippen molar-refractivity contribution in [1.82, 2.24) is 0 Å². The maximum Gasteiger partial charge on any atom is 0.133 e. The van der Waals surface area contributed by atoms with Crippen LogP contribution in [0, 0.1) is 0 Å². The zero-order chi connectivity index (χ0) is 11.4. The Hall–Kier alpha value is -0.540. The molecule has 0 unspecified atom stereocenters. The fraction of sp³-hybridized carbons (Fsp3) is 0.538. The predicted molar refractivity (Wildman–Crippen MR) is 67.8 cm³/mol. The van der Waals surface area contributed by atoms with Crippen LogP contribution in [0.1, 0.15) is 31.2 Å². The van der Waals surface area contributed by atoms with Crippen LogP contribution in [0.25, 0.3) is 0 Å². The molecule has 0 spiro atoms. The summed E-state index contributed by atoms with van der Waals surface area (Å²) in [6.45, 7) is 0. The highest BCUT2D eigenvalue weighted by Gasteiger charge is 2.64. The van der Waals surface area contributed by atoms with Crippen LogP contribution < -0.4 is 10.5 Å². The van der Waals surface area contributed by atoms with E-state index in [1.165, 1.54) is 31.2 Å². The Morgan fingerprint density at radius 2 is 1.94 bits per heavy atom. The molecule has 0 aliphatic heterocycles. The second-order valence-electron chi connectivity index (χ2n) is 5.09. The molecule has 2 aliphatic carbocycles. The smallest absolute Gasteiger partial charge is 0.133 e. The van der Waals surface area contributed by atoms with Crippen LogP contribution in [0.2, 0.25) is 0 Å². The van der Waals surface area contributed by atoms with Crippen LogP contribution in [-0.4, -0.2) is 12.6 Å². The molecule has 1 aromatic rings. The van der Waals surface area contributed by atoms with Gasteiger partial charge in [0.15, 0.2) is 0 Å². The van der Waals surface area contributed by atoms with Gasteiger partial charge < -0.3 is 10.5 Å². The Morgan fingerprint density at radius 1 is 1.25 bits per heavy atom. The fourth-order valence-electron chi connectivity index (χ4n) is 2.78. The molecular weight excluding hydrogens is 266 g/mol. The molecule has 16 heavy (non-hydrogen) atoms. The topological polar surface area (TPSA) is 35.2 Å². The highest BCUT2D eigenvalue weighted by molar-refractivity contribution is 9.10. The minimum absolute atomic E-state index is 0.0844. The highest BCUT2D eigenvalue weighted by atomic mass is 79.9. The second kappa shape index (κ2) is 3.23. The lowest BCUT2D eigenvalue weighted by Gasteiger charge is -2.24. The first-order valence-electron chi connectivity index (χ1n) is 5.74. The Balaban J connectivity index is 1.99. The number of methoxy groups -OCH3 is 1. The molecule has 0 atom stereocenters. The minimum atomic E-state index is 0.0844. The van der Waals surface area contributed by atoms with Gasteiger partial charge >= 0.3 is 0 Å². The summed E-state index contributed by atoms with van der Waals surface area (Å²) in [6, 6.07) is 6.38. The van der Waals surface area contributed by atoms with Crippen molar-refractivity contribution in [3.05, 3.63) is 28.2 Å². The van der Waals surface area contributed by atoms with E-state index in [9.17, 15) is 0 Å². The number of hydrogen-bond acceptors (Lipinski definition) is 2. The summed E-state index contributed by atoms with van der Waals surface area (Å²) < 4.78 is 6.29. The van der Waals surface area contributed by atoms with Crippen LogP contribution in [-0.2, 0) is 5.41 Å².